The van der Waals surface area contributed by atoms with Gasteiger partial charge in [0.15, 0.2) is 0 Å². The molecule has 3 aromatic rings. The van der Waals surface area contributed by atoms with Crippen LogP contribution in [-0.4, -0.2) is 36.7 Å². The summed E-state index contributed by atoms with van der Waals surface area (Å²) in [6.07, 6.45) is 1.64. The number of aromatic nitrogens is 1. The van der Waals surface area contributed by atoms with E-state index in [4.69, 9.17) is 0 Å². The Morgan fingerprint density at radius 2 is 1.67 bits per heavy atom. The van der Waals surface area contributed by atoms with Gasteiger partial charge in [-0.05, 0) is 36.4 Å². The minimum absolute atomic E-state index is 0.178. The lowest BCUT2D eigenvalue weighted by atomic mass is 10.1. The number of pyridine rings is 1. The zero-order valence-electron chi connectivity index (χ0n) is 15.2. The molecule has 6 nitrogen and oxygen atoms in total. The van der Waals surface area contributed by atoms with E-state index in [0.29, 0.717) is 24.3 Å². The van der Waals surface area contributed by atoms with Crippen molar-refractivity contribution < 1.29 is 13.2 Å². The number of nitrogens with one attached hydrogen (secondary N) is 1. The van der Waals surface area contributed by atoms with Gasteiger partial charge in [-0.15, -0.1) is 0 Å². The molecule has 0 bridgehead atoms. The molecule has 0 aliphatic rings. The van der Waals surface area contributed by atoms with Crippen molar-refractivity contribution in [3.63, 3.8) is 0 Å². The maximum Gasteiger partial charge on any atom is 0.255 e. The summed E-state index contributed by atoms with van der Waals surface area (Å²) in [5, 5.41) is 3.71. The molecule has 0 spiro atoms. The summed E-state index contributed by atoms with van der Waals surface area (Å²) in [5.41, 5.74) is 1.83. The average Bonchev–Trinajstić information content (AvgIpc) is 2.69. The van der Waals surface area contributed by atoms with Gasteiger partial charge in [0.25, 0.3) is 5.91 Å². The minimum atomic E-state index is -3.54. The monoisotopic (exact) mass is 383 g/mol. The highest BCUT2D eigenvalue weighted by Crippen LogP contribution is 2.22. The first-order valence-corrected chi connectivity index (χ1v) is 10.2. The van der Waals surface area contributed by atoms with Crippen molar-refractivity contribution in [2.45, 2.75) is 18.7 Å². The Labute approximate surface area is 158 Å². The van der Waals surface area contributed by atoms with Crippen LogP contribution in [0, 0.1) is 0 Å². The maximum atomic E-state index is 12.6. The van der Waals surface area contributed by atoms with Crippen LogP contribution in [0.5, 0.6) is 0 Å². The lowest BCUT2D eigenvalue weighted by molar-refractivity contribution is 0.102. The second-order valence-corrected chi connectivity index (χ2v) is 7.88. The van der Waals surface area contributed by atoms with E-state index in [2.05, 4.69) is 10.3 Å². The highest BCUT2D eigenvalue weighted by Gasteiger charge is 2.21. The fourth-order valence-electron chi connectivity index (χ4n) is 2.89. The molecule has 2 aromatic carbocycles. The number of benzene rings is 2. The van der Waals surface area contributed by atoms with Gasteiger partial charge in [-0.1, -0.05) is 32.0 Å². The van der Waals surface area contributed by atoms with E-state index in [1.165, 1.54) is 28.6 Å². The standard InChI is InChI=1S/C20H21N3O3S/c1-3-23(4-2)27(25,26)16-11-9-15(10-12-16)20(24)22-19-13-14-21-18-8-6-5-7-17(18)19/h5-14H,3-4H2,1-2H3,(H,21,22,24). The Bertz CT molecular complexity index is 1050. The molecule has 0 saturated heterocycles. The normalized spacial score (nSPS) is 11.7. The third kappa shape index (κ3) is 3.84. The van der Waals surface area contributed by atoms with Crippen molar-refractivity contribution in [2.24, 2.45) is 0 Å². The van der Waals surface area contributed by atoms with Gasteiger partial charge in [0.1, 0.15) is 0 Å². The highest BCUT2D eigenvalue weighted by molar-refractivity contribution is 7.89. The predicted octanol–water partition coefficient (Wildman–Crippen LogP) is 3.52. The third-order valence-electron chi connectivity index (χ3n) is 4.36. The first kappa shape index (κ1) is 19.0. The molecule has 7 heteroatoms. The minimum Gasteiger partial charge on any atom is -0.321 e. The smallest absolute Gasteiger partial charge is 0.255 e. The van der Waals surface area contributed by atoms with Gasteiger partial charge in [-0.3, -0.25) is 9.78 Å². The van der Waals surface area contributed by atoms with Crippen LogP contribution < -0.4 is 5.32 Å². The van der Waals surface area contributed by atoms with E-state index in [9.17, 15) is 13.2 Å². The molecule has 140 valence electrons. The number of carbonyl (C=O) groups is 1. The molecule has 1 N–H and O–H groups in total. The van der Waals surface area contributed by atoms with Gasteiger partial charge in [0.05, 0.1) is 16.1 Å². The molecule has 1 aromatic heterocycles. The van der Waals surface area contributed by atoms with Gasteiger partial charge < -0.3 is 5.32 Å². The average molecular weight is 383 g/mol. The number of carbonyl (C=O) groups excluding carboxylic acids is 1. The Morgan fingerprint density at radius 3 is 2.33 bits per heavy atom. The topological polar surface area (TPSA) is 79.4 Å². The molecule has 0 unspecified atom stereocenters. The maximum absolute atomic E-state index is 12.6. The lowest BCUT2D eigenvalue weighted by Crippen LogP contribution is -2.30. The van der Waals surface area contributed by atoms with Crippen LogP contribution in [0.4, 0.5) is 5.69 Å². The van der Waals surface area contributed by atoms with E-state index in [1.54, 1.807) is 26.1 Å². The second-order valence-electron chi connectivity index (χ2n) is 5.94. The zero-order chi connectivity index (χ0) is 19.4. The zero-order valence-corrected chi connectivity index (χ0v) is 16.0. The first-order chi connectivity index (χ1) is 13.0. The number of anilines is 1. The van der Waals surface area contributed by atoms with Crippen LogP contribution in [0.3, 0.4) is 0 Å². The lowest BCUT2D eigenvalue weighted by Gasteiger charge is -2.18. The van der Waals surface area contributed by atoms with Crippen LogP contribution in [0.2, 0.25) is 0 Å². The van der Waals surface area contributed by atoms with Crippen LogP contribution in [-0.2, 0) is 10.0 Å². The Hall–Kier alpha value is -2.77. The van der Waals surface area contributed by atoms with Crippen LogP contribution in [0.1, 0.15) is 24.2 Å². The van der Waals surface area contributed by atoms with Gasteiger partial charge in [0.2, 0.25) is 10.0 Å². The highest BCUT2D eigenvalue weighted by atomic mass is 32.2. The van der Waals surface area contributed by atoms with Gasteiger partial charge in [-0.2, -0.15) is 4.31 Å². The Morgan fingerprint density at radius 1 is 1.00 bits per heavy atom. The molecule has 0 aliphatic heterocycles. The van der Waals surface area contributed by atoms with Crippen LogP contribution >= 0.6 is 0 Å². The van der Waals surface area contributed by atoms with Crippen molar-refractivity contribution in [2.75, 3.05) is 18.4 Å². The number of rotatable bonds is 6. The predicted molar refractivity (Wildman–Crippen MR) is 106 cm³/mol. The number of hydrogen-bond acceptors (Lipinski definition) is 4. The third-order valence-corrected chi connectivity index (χ3v) is 6.42. The number of para-hydroxylation sites is 1. The molecule has 0 radical (unpaired) electrons. The van der Waals surface area contributed by atoms with E-state index >= 15 is 0 Å². The summed E-state index contributed by atoms with van der Waals surface area (Å²) < 4.78 is 26.4. The summed E-state index contributed by atoms with van der Waals surface area (Å²) >= 11 is 0. The molecule has 1 heterocycles. The van der Waals surface area contributed by atoms with E-state index in [-0.39, 0.29) is 10.8 Å². The SMILES string of the molecule is CCN(CC)S(=O)(=O)c1ccc(C(=O)Nc2ccnc3ccccc23)cc1. The molecular formula is C20H21N3O3S. The first-order valence-electron chi connectivity index (χ1n) is 8.72. The molecule has 0 aliphatic carbocycles. The Balaban J connectivity index is 1.84. The quantitative estimate of drug-likeness (QED) is 0.706. The summed E-state index contributed by atoms with van der Waals surface area (Å²) in [6, 6.07) is 15.2. The molecule has 0 atom stereocenters. The van der Waals surface area contributed by atoms with Crippen molar-refractivity contribution >= 4 is 32.5 Å². The fraction of sp³-hybridized carbons (Fsp3) is 0.200. The second kappa shape index (κ2) is 7.85. The number of amides is 1. The molecule has 27 heavy (non-hydrogen) atoms. The van der Waals surface area contributed by atoms with Crippen molar-refractivity contribution in [1.29, 1.82) is 0 Å². The molecule has 1 amide bonds. The van der Waals surface area contributed by atoms with Crippen molar-refractivity contribution in [3.8, 4) is 0 Å². The molecule has 0 fully saturated rings. The summed E-state index contributed by atoms with van der Waals surface area (Å²) in [6.45, 7) is 4.39. The van der Waals surface area contributed by atoms with Crippen molar-refractivity contribution in [3.05, 3.63) is 66.4 Å². The number of fused-ring (bicyclic) bond motifs is 1. The number of hydrogen-bond donors (Lipinski definition) is 1. The summed E-state index contributed by atoms with van der Waals surface area (Å²) in [7, 11) is -3.54. The van der Waals surface area contributed by atoms with E-state index in [0.717, 1.165) is 10.9 Å². The van der Waals surface area contributed by atoms with E-state index < -0.39 is 10.0 Å². The number of nitrogens with zero attached hydrogens (tertiary/aromatic N) is 2. The molecular weight excluding hydrogens is 362 g/mol. The molecule has 3 rings (SSSR count). The van der Waals surface area contributed by atoms with Gasteiger partial charge >= 0.3 is 0 Å². The van der Waals surface area contributed by atoms with Crippen LogP contribution in [0.25, 0.3) is 10.9 Å². The van der Waals surface area contributed by atoms with E-state index in [1.807, 2.05) is 24.3 Å². The van der Waals surface area contributed by atoms with Crippen LogP contribution in [0.15, 0.2) is 65.7 Å². The van der Waals surface area contributed by atoms with Crippen molar-refractivity contribution in [1.82, 2.24) is 9.29 Å². The largest absolute Gasteiger partial charge is 0.321 e. The summed E-state index contributed by atoms with van der Waals surface area (Å²) in [4.78, 5) is 17.0. The van der Waals surface area contributed by atoms with Gasteiger partial charge in [-0.25, -0.2) is 8.42 Å². The molecule has 0 saturated carbocycles. The number of sulfonamides is 1. The Kier molecular flexibility index (Phi) is 5.53. The van der Waals surface area contributed by atoms with Gasteiger partial charge in [0, 0.05) is 30.2 Å². The summed E-state index contributed by atoms with van der Waals surface area (Å²) in [5.74, 6) is -0.307. The fourth-order valence-corrected chi connectivity index (χ4v) is 4.35.